The molecule has 5 unspecified atom stereocenters. The maximum atomic E-state index is 6.11. The highest BCUT2D eigenvalue weighted by Crippen LogP contribution is 2.58. The summed E-state index contributed by atoms with van der Waals surface area (Å²) in [4.78, 5) is 0. The average Bonchev–Trinajstić information content (AvgIpc) is 2.26. The van der Waals surface area contributed by atoms with Crippen molar-refractivity contribution >= 4 is 0 Å². The second-order valence-corrected chi connectivity index (χ2v) is 4.82. The van der Waals surface area contributed by atoms with Gasteiger partial charge in [-0.15, -0.1) is 0 Å². The molecule has 3 fully saturated rings. The molecule has 1 heteroatoms. The summed E-state index contributed by atoms with van der Waals surface area (Å²) in [5.74, 6) is 4.16. The van der Waals surface area contributed by atoms with Gasteiger partial charge in [-0.1, -0.05) is 12.8 Å². The Bertz CT molecular complexity index is 178. The summed E-state index contributed by atoms with van der Waals surface area (Å²) in [7, 11) is 0. The fraction of sp³-hybridized carbons (Fsp3) is 1.00. The zero-order valence-electron chi connectivity index (χ0n) is 7.00. The van der Waals surface area contributed by atoms with Gasteiger partial charge in [0.15, 0.2) is 0 Å². The molecule has 4 bridgehead atoms. The SMILES string of the molecule is NC1CC2C3CCCC1C2C3. The van der Waals surface area contributed by atoms with E-state index in [2.05, 4.69) is 0 Å². The van der Waals surface area contributed by atoms with E-state index in [4.69, 9.17) is 5.73 Å². The zero-order valence-corrected chi connectivity index (χ0v) is 7.00. The van der Waals surface area contributed by atoms with E-state index in [-0.39, 0.29) is 0 Å². The van der Waals surface area contributed by atoms with Crippen LogP contribution in [0.3, 0.4) is 0 Å². The highest BCUT2D eigenvalue weighted by molar-refractivity contribution is 5.04. The summed E-state index contributed by atoms with van der Waals surface area (Å²) < 4.78 is 0. The second-order valence-electron chi connectivity index (χ2n) is 4.82. The molecular formula is C10H17N. The van der Waals surface area contributed by atoms with Crippen molar-refractivity contribution in [2.45, 2.75) is 38.1 Å². The number of rotatable bonds is 0. The predicted octanol–water partition coefficient (Wildman–Crippen LogP) is 1.77. The van der Waals surface area contributed by atoms with Gasteiger partial charge < -0.3 is 5.73 Å². The molecule has 1 nitrogen and oxygen atoms in total. The van der Waals surface area contributed by atoms with Gasteiger partial charge in [0.1, 0.15) is 0 Å². The zero-order chi connectivity index (χ0) is 7.42. The van der Waals surface area contributed by atoms with Crippen molar-refractivity contribution in [3.8, 4) is 0 Å². The van der Waals surface area contributed by atoms with Crippen LogP contribution in [-0.2, 0) is 0 Å². The maximum Gasteiger partial charge on any atom is 0.00727 e. The molecule has 0 radical (unpaired) electrons. The molecule has 3 aliphatic carbocycles. The molecule has 0 saturated heterocycles. The summed E-state index contributed by atoms with van der Waals surface area (Å²) in [5.41, 5.74) is 6.11. The highest BCUT2D eigenvalue weighted by Gasteiger charge is 2.53. The standard InChI is InChI=1S/C10H17N/c11-10-5-8-6-2-1-3-7(10)9(8)4-6/h6-10H,1-5,11H2. The van der Waals surface area contributed by atoms with Gasteiger partial charge in [0.05, 0.1) is 0 Å². The van der Waals surface area contributed by atoms with E-state index in [0.717, 1.165) is 23.7 Å². The van der Waals surface area contributed by atoms with Crippen molar-refractivity contribution in [3.05, 3.63) is 0 Å². The van der Waals surface area contributed by atoms with Crippen LogP contribution in [0.25, 0.3) is 0 Å². The largest absolute Gasteiger partial charge is 0.327 e. The quantitative estimate of drug-likeness (QED) is 0.561. The summed E-state index contributed by atoms with van der Waals surface area (Å²) in [6, 6.07) is 0.579. The molecule has 0 spiro atoms. The molecule has 0 heterocycles. The Morgan fingerprint density at radius 3 is 2.73 bits per heavy atom. The Morgan fingerprint density at radius 1 is 0.909 bits per heavy atom. The van der Waals surface area contributed by atoms with Crippen molar-refractivity contribution in [2.75, 3.05) is 0 Å². The lowest BCUT2D eigenvalue weighted by Gasteiger charge is -2.40. The molecule has 3 rings (SSSR count). The summed E-state index contributed by atoms with van der Waals surface area (Å²) in [6.45, 7) is 0. The first kappa shape index (κ1) is 6.47. The summed E-state index contributed by atoms with van der Waals surface area (Å²) >= 11 is 0. The molecule has 62 valence electrons. The van der Waals surface area contributed by atoms with E-state index in [0.29, 0.717) is 6.04 Å². The van der Waals surface area contributed by atoms with Crippen LogP contribution in [-0.4, -0.2) is 6.04 Å². The second kappa shape index (κ2) is 2.01. The van der Waals surface area contributed by atoms with Crippen molar-refractivity contribution in [2.24, 2.45) is 29.4 Å². The molecule has 3 saturated carbocycles. The molecule has 5 atom stereocenters. The molecule has 0 aromatic rings. The minimum Gasteiger partial charge on any atom is -0.327 e. The number of hydrogen-bond donors (Lipinski definition) is 1. The van der Waals surface area contributed by atoms with Crippen molar-refractivity contribution in [3.63, 3.8) is 0 Å². The van der Waals surface area contributed by atoms with Crippen LogP contribution in [0.15, 0.2) is 0 Å². The number of nitrogens with two attached hydrogens (primary N) is 1. The third-order valence-electron chi connectivity index (χ3n) is 4.49. The van der Waals surface area contributed by atoms with Crippen LogP contribution >= 0.6 is 0 Å². The third-order valence-corrected chi connectivity index (χ3v) is 4.49. The Labute approximate surface area is 68.3 Å². The molecule has 11 heavy (non-hydrogen) atoms. The first-order chi connectivity index (χ1) is 5.36. The monoisotopic (exact) mass is 151 g/mol. The van der Waals surface area contributed by atoms with Crippen LogP contribution in [0.1, 0.15) is 32.1 Å². The molecule has 0 aliphatic heterocycles. The van der Waals surface area contributed by atoms with Crippen LogP contribution in [0.5, 0.6) is 0 Å². The fourth-order valence-electron chi connectivity index (χ4n) is 3.89. The fourth-order valence-corrected chi connectivity index (χ4v) is 3.89. The van der Waals surface area contributed by atoms with Gasteiger partial charge in [0.2, 0.25) is 0 Å². The van der Waals surface area contributed by atoms with E-state index in [1.807, 2.05) is 0 Å². The van der Waals surface area contributed by atoms with E-state index < -0.39 is 0 Å². The van der Waals surface area contributed by atoms with Crippen LogP contribution < -0.4 is 5.73 Å². The van der Waals surface area contributed by atoms with Crippen molar-refractivity contribution in [1.82, 2.24) is 0 Å². The molecule has 0 aromatic heterocycles. The van der Waals surface area contributed by atoms with Gasteiger partial charge in [-0.05, 0) is 42.9 Å². The Kier molecular flexibility index (Phi) is 1.18. The predicted molar refractivity (Wildman–Crippen MR) is 45.0 cm³/mol. The molecule has 2 N–H and O–H groups in total. The van der Waals surface area contributed by atoms with Crippen molar-refractivity contribution in [1.29, 1.82) is 0 Å². The van der Waals surface area contributed by atoms with Crippen LogP contribution in [0, 0.1) is 23.7 Å². The lowest BCUT2D eigenvalue weighted by atomic mass is 9.65. The Morgan fingerprint density at radius 2 is 1.82 bits per heavy atom. The van der Waals surface area contributed by atoms with Crippen LogP contribution in [0.2, 0.25) is 0 Å². The Hall–Kier alpha value is -0.0400. The molecule has 3 aliphatic rings. The molecule has 0 aromatic carbocycles. The van der Waals surface area contributed by atoms with Crippen molar-refractivity contribution < 1.29 is 0 Å². The minimum atomic E-state index is 0.579. The van der Waals surface area contributed by atoms with Gasteiger partial charge in [0.25, 0.3) is 0 Å². The first-order valence-corrected chi connectivity index (χ1v) is 5.12. The lowest BCUT2D eigenvalue weighted by Crippen LogP contribution is -2.33. The minimum absolute atomic E-state index is 0.579. The van der Waals surface area contributed by atoms with Gasteiger partial charge >= 0.3 is 0 Å². The van der Waals surface area contributed by atoms with E-state index in [1.165, 1.54) is 32.1 Å². The van der Waals surface area contributed by atoms with Gasteiger partial charge in [-0.2, -0.15) is 0 Å². The number of hydrogen-bond acceptors (Lipinski definition) is 1. The van der Waals surface area contributed by atoms with E-state index in [1.54, 1.807) is 0 Å². The summed E-state index contributed by atoms with van der Waals surface area (Å²) in [6.07, 6.45) is 7.32. The smallest absolute Gasteiger partial charge is 0.00727 e. The topological polar surface area (TPSA) is 26.0 Å². The molecule has 0 amide bonds. The normalized spacial score (nSPS) is 60.3. The van der Waals surface area contributed by atoms with Gasteiger partial charge in [0, 0.05) is 6.04 Å². The third kappa shape index (κ3) is 0.703. The highest BCUT2D eigenvalue weighted by atomic mass is 14.7. The van der Waals surface area contributed by atoms with E-state index >= 15 is 0 Å². The van der Waals surface area contributed by atoms with E-state index in [9.17, 15) is 0 Å². The maximum absolute atomic E-state index is 6.11. The average molecular weight is 151 g/mol. The Balaban J connectivity index is 1.90. The summed E-state index contributed by atoms with van der Waals surface area (Å²) in [5, 5.41) is 0. The van der Waals surface area contributed by atoms with Crippen LogP contribution in [0.4, 0.5) is 0 Å². The first-order valence-electron chi connectivity index (χ1n) is 5.12. The lowest BCUT2D eigenvalue weighted by molar-refractivity contribution is 0.0892. The van der Waals surface area contributed by atoms with Gasteiger partial charge in [-0.25, -0.2) is 0 Å². The van der Waals surface area contributed by atoms with Gasteiger partial charge in [-0.3, -0.25) is 0 Å². The molecular weight excluding hydrogens is 134 g/mol.